The average Bonchev–Trinajstić information content (AvgIpc) is 2.88. The molecule has 20 heavy (non-hydrogen) atoms. The molecule has 0 aliphatic carbocycles. The van der Waals surface area contributed by atoms with Crippen LogP contribution in [0.25, 0.3) is 0 Å². The Morgan fingerprint density at radius 2 is 1.95 bits per heavy atom. The Bertz CT molecular complexity index is 658. The van der Waals surface area contributed by atoms with E-state index in [1.54, 1.807) is 6.07 Å². The fourth-order valence-electron chi connectivity index (χ4n) is 1.85. The quantitative estimate of drug-likeness (QED) is 0.897. The maximum atomic E-state index is 12.1. The van der Waals surface area contributed by atoms with Gasteiger partial charge in [-0.2, -0.15) is 0 Å². The van der Waals surface area contributed by atoms with E-state index in [4.69, 9.17) is 9.52 Å². The maximum absolute atomic E-state index is 12.1. The summed E-state index contributed by atoms with van der Waals surface area (Å²) in [4.78, 5) is 22.7. The van der Waals surface area contributed by atoms with E-state index in [1.807, 2.05) is 26.0 Å². The van der Waals surface area contributed by atoms with E-state index < -0.39 is 5.97 Å². The molecule has 0 spiro atoms. The third-order valence-corrected chi connectivity index (χ3v) is 3.14. The highest BCUT2D eigenvalue weighted by atomic mass is 16.4. The third kappa shape index (κ3) is 2.88. The molecule has 0 saturated carbocycles. The van der Waals surface area contributed by atoms with Crippen molar-refractivity contribution in [3.05, 3.63) is 58.5 Å². The molecule has 0 aliphatic rings. The summed E-state index contributed by atoms with van der Waals surface area (Å²) in [5, 5.41) is 11.4. The number of nitrogens with one attached hydrogen (secondary N) is 1. The first-order valence-electron chi connectivity index (χ1n) is 6.15. The Kier molecular flexibility index (Phi) is 3.89. The predicted molar refractivity (Wildman–Crippen MR) is 72.8 cm³/mol. The Hall–Kier alpha value is -2.56. The normalized spacial score (nSPS) is 10.3. The minimum atomic E-state index is -1.13. The van der Waals surface area contributed by atoms with Gasteiger partial charge in [0.25, 0.3) is 5.91 Å². The molecule has 1 amide bonds. The topological polar surface area (TPSA) is 79.5 Å². The second kappa shape index (κ2) is 5.61. The van der Waals surface area contributed by atoms with Gasteiger partial charge in [0, 0.05) is 5.56 Å². The lowest BCUT2D eigenvalue weighted by molar-refractivity contribution is 0.0660. The molecule has 0 saturated heterocycles. The summed E-state index contributed by atoms with van der Waals surface area (Å²) >= 11 is 0. The van der Waals surface area contributed by atoms with Gasteiger partial charge in [0.2, 0.25) is 5.76 Å². The largest absolute Gasteiger partial charge is 0.475 e. The van der Waals surface area contributed by atoms with Crippen LogP contribution in [0, 0.1) is 13.8 Å². The molecule has 2 aromatic rings. The monoisotopic (exact) mass is 273 g/mol. The molecule has 1 aromatic heterocycles. The van der Waals surface area contributed by atoms with Gasteiger partial charge in [0.05, 0.1) is 6.54 Å². The molecule has 0 aliphatic heterocycles. The summed E-state index contributed by atoms with van der Waals surface area (Å²) in [7, 11) is 0. The van der Waals surface area contributed by atoms with Crippen molar-refractivity contribution in [3.8, 4) is 0 Å². The highest BCUT2D eigenvalue weighted by Gasteiger charge is 2.12. The van der Waals surface area contributed by atoms with Crippen molar-refractivity contribution in [2.24, 2.45) is 0 Å². The number of furan rings is 1. The Morgan fingerprint density at radius 3 is 2.60 bits per heavy atom. The van der Waals surface area contributed by atoms with Crippen LogP contribution in [0.3, 0.4) is 0 Å². The molecule has 0 fully saturated rings. The van der Waals surface area contributed by atoms with E-state index in [-0.39, 0.29) is 18.2 Å². The number of carbonyl (C=O) groups is 2. The maximum Gasteiger partial charge on any atom is 0.371 e. The molecular formula is C15H15NO4. The van der Waals surface area contributed by atoms with Crippen LogP contribution in [-0.4, -0.2) is 17.0 Å². The van der Waals surface area contributed by atoms with E-state index in [9.17, 15) is 9.59 Å². The summed E-state index contributed by atoms with van der Waals surface area (Å²) in [5.74, 6) is -1.07. The number of benzene rings is 1. The van der Waals surface area contributed by atoms with Crippen LogP contribution in [0.5, 0.6) is 0 Å². The van der Waals surface area contributed by atoms with Gasteiger partial charge in [0.15, 0.2) is 0 Å². The van der Waals surface area contributed by atoms with Gasteiger partial charge < -0.3 is 14.8 Å². The number of hydrogen-bond donors (Lipinski definition) is 2. The zero-order valence-electron chi connectivity index (χ0n) is 11.3. The first-order chi connectivity index (χ1) is 9.49. The lowest BCUT2D eigenvalue weighted by atomic mass is 10.0. The van der Waals surface area contributed by atoms with Crippen molar-refractivity contribution in [3.63, 3.8) is 0 Å². The van der Waals surface area contributed by atoms with Gasteiger partial charge >= 0.3 is 5.97 Å². The highest BCUT2D eigenvalue weighted by Crippen LogP contribution is 2.13. The van der Waals surface area contributed by atoms with E-state index in [0.29, 0.717) is 11.3 Å². The van der Waals surface area contributed by atoms with Crippen LogP contribution < -0.4 is 5.32 Å². The van der Waals surface area contributed by atoms with Crippen LogP contribution in [0.4, 0.5) is 0 Å². The first kappa shape index (κ1) is 13.9. The summed E-state index contributed by atoms with van der Waals surface area (Å²) in [6.07, 6.45) is 0. The van der Waals surface area contributed by atoms with Crippen LogP contribution in [0.2, 0.25) is 0 Å². The van der Waals surface area contributed by atoms with Crippen LogP contribution in [0.1, 0.15) is 37.8 Å². The number of carboxylic acid groups (broad SMARTS) is 1. The molecule has 1 heterocycles. The highest BCUT2D eigenvalue weighted by molar-refractivity contribution is 5.95. The zero-order valence-corrected chi connectivity index (χ0v) is 11.3. The first-order valence-corrected chi connectivity index (χ1v) is 6.15. The SMILES string of the molecule is Cc1cccc(C(=O)NCc2ccc(C(=O)O)o2)c1C. The van der Waals surface area contributed by atoms with E-state index >= 15 is 0 Å². The lowest BCUT2D eigenvalue weighted by Gasteiger charge is -2.08. The van der Waals surface area contributed by atoms with Crippen molar-refractivity contribution in [2.75, 3.05) is 0 Å². The lowest BCUT2D eigenvalue weighted by Crippen LogP contribution is -2.23. The van der Waals surface area contributed by atoms with Gasteiger partial charge in [0.1, 0.15) is 5.76 Å². The summed E-state index contributed by atoms with van der Waals surface area (Å²) < 4.78 is 5.07. The van der Waals surface area contributed by atoms with Gasteiger partial charge in [-0.1, -0.05) is 12.1 Å². The fraction of sp³-hybridized carbons (Fsp3) is 0.200. The standard InChI is InChI=1S/C15H15NO4/c1-9-4-3-5-12(10(9)2)14(17)16-8-11-6-7-13(20-11)15(18)19/h3-7H,8H2,1-2H3,(H,16,17)(H,18,19). The average molecular weight is 273 g/mol. The van der Waals surface area contributed by atoms with Gasteiger partial charge in [-0.15, -0.1) is 0 Å². The molecule has 104 valence electrons. The summed E-state index contributed by atoms with van der Waals surface area (Å²) in [5.41, 5.74) is 2.58. The van der Waals surface area contributed by atoms with Crippen LogP contribution in [0.15, 0.2) is 34.7 Å². The Morgan fingerprint density at radius 1 is 1.20 bits per heavy atom. The smallest absolute Gasteiger partial charge is 0.371 e. The van der Waals surface area contributed by atoms with E-state index in [1.165, 1.54) is 12.1 Å². The minimum absolute atomic E-state index is 0.138. The van der Waals surface area contributed by atoms with Crippen LogP contribution in [-0.2, 0) is 6.54 Å². The second-order valence-electron chi connectivity index (χ2n) is 4.50. The van der Waals surface area contributed by atoms with E-state index in [2.05, 4.69) is 5.32 Å². The number of carboxylic acids is 1. The van der Waals surface area contributed by atoms with E-state index in [0.717, 1.165) is 11.1 Å². The zero-order chi connectivity index (χ0) is 14.7. The summed E-state index contributed by atoms with van der Waals surface area (Å²) in [6.45, 7) is 3.98. The van der Waals surface area contributed by atoms with Crippen LogP contribution >= 0.6 is 0 Å². The molecule has 0 atom stereocenters. The number of rotatable bonds is 4. The number of amides is 1. The number of aryl methyl sites for hydroxylation is 1. The van der Waals surface area contributed by atoms with Gasteiger partial charge in [-0.3, -0.25) is 4.79 Å². The second-order valence-corrected chi connectivity index (χ2v) is 4.50. The van der Waals surface area contributed by atoms with Crippen molar-refractivity contribution in [2.45, 2.75) is 20.4 Å². The molecular weight excluding hydrogens is 258 g/mol. The molecule has 1 aromatic carbocycles. The molecule has 2 N–H and O–H groups in total. The molecule has 0 radical (unpaired) electrons. The molecule has 5 heteroatoms. The molecule has 2 rings (SSSR count). The number of hydrogen-bond acceptors (Lipinski definition) is 3. The minimum Gasteiger partial charge on any atom is -0.475 e. The predicted octanol–water partition coefficient (Wildman–Crippen LogP) is 2.52. The number of carbonyl (C=O) groups excluding carboxylic acids is 1. The number of aromatic carboxylic acids is 1. The molecule has 0 bridgehead atoms. The molecule has 5 nitrogen and oxygen atoms in total. The van der Waals surface area contributed by atoms with Crippen molar-refractivity contribution >= 4 is 11.9 Å². The van der Waals surface area contributed by atoms with Crippen molar-refractivity contribution in [1.82, 2.24) is 5.32 Å². The Balaban J connectivity index is 2.05. The van der Waals surface area contributed by atoms with Crippen molar-refractivity contribution in [1.29, 1.82) is 0 Å². The Labute approximate surface area is 116 Å². The van der Waals surface area contributed by atoms with Crippen molar-refractivity contribution < 1.29 is 19.1 Å². The summed E-state index contributed by atoms with van der Waals surface area (Å²) in [6, 6.07) is 8.42. The fourth-order valence-corrected chi connectivity index (χ4v) is 1.85. The third-order valence-electron chi connectivity index (χ3n) is 3.14. The van der Waals surface area contributed by atoms with Gasteiger partial charge in [-0.25, -0.2) is 4.79 Å². The van der Waals surface area contributed by atoms with Gasteiger partial charge in [-0.05, 0) is 43.2 Å². The molecule has 0 unspecified atom stereocenters.